The second kappa shape index (κ2) is 10.5. The first-order valence-electron chi connectivity index (χ1n) is 11.7. The summed E-state index contributed by atoms with van der Waals surface area (Å²) in [4.78, 5) is 51.1. The molecule has 9 nitrogen and oxygen atoms in total. The van der Waals surface area contributed by atoms with Crippen molar-refractivity contribution in [2.24, 2.45) is 11.0 Å². The topological polar surface area (TPSA) is 119 Å². The first-order valence-corrected chi connectivity index (χ1v) is 11.7. The molecule has 2 aliphatic rings. The summed E-state index contributed by atoms with van der Waals surface area (Å²) in [5.74, 6) is -1.68. The monoisotopic (exact) mass is 476 g/mol. The van der Waals surface area contributed by atoms with Crippen molar-refractivity contribution < 1.29 is 24.3 Å². The van der Waals surface area contributed by atoms with Crippen molar-refractivity contribution >= 4 is 40.8 Å². The van der Waals surface area contributed by atoms with Gasteiger partial charge in [-0.25, -0.2) is 14.6 Å². The molecule has 35 heavy (non-hydrogen) atoms. The fraction of sp³-hybridized carbons (Fsp3) is 0.346. The van der Waals surface area contributed by atoms with Crippen molar-refractivity contribution in [2.75, 3.05) is 23.3 Å². The van der Waals surface area contributed by atoms with Crippen LogP contribution in [0, 0.1) is 5.92 Å². The Hall–Kier alpha value is -4.01. The lowest BCUT2D eigenvalue weighted by Crippen LogP contribution is -2.45. The molecule has 0 radical (unpaired) electrons. The van der Waals surface area contributed by atoms with Gasteiger partial charge in [-0.3, -0.25) is 14.5 Å². The summed E-state index contributed by atoms with van der Waals surface area (Å²) in [5, 5.41) is 17.7. The van der Waals surface area contributed by atoms with Crippen LogP contribution >= 0.6 is 0 Å². The number of benzene rings is 2. The Labute approximate surface area is 203 Å². The molecule has 1 heterocycles. The molecule has 2 aromatic rings. The van der Waals surface area contributed by atoms with Crippen molar-refractivity contribution in [1.82, 2.24) is 5.01 Å². The number of carbonyl (C=O) groups excluding carboxylic acids is 3. The number of carboxylic acid groups (broad SMARTS) is 1. The van der Waals surface area contributed by atoms with E-state index in [-0.39, 0.29) is 30.4 Å². The number of urea groups is 1. The van der Waals surface area contributed by atoms with Crippen LogP contribution < -0.4 is 10.2 Å². The van der Waals surface area contributed by atoms with Crippen molar-refractivity contribution in [2.45, 2.75) is 39.0 Å². The second-order valence-corrected chi connectivity index (χ2v) is 8.90. The highest BCUT2D eigenvalue weighted by molar-refractivity contribution is 6.13. The van der Waals surface area contributed by atoms with Crippen LogP contribution in [0.4, 0.5) is 16.2 Å². The van der Waals surface area contributed by atoms with Crippen molar-refractivity contribution in [3.63, 3.8) is 0 Å². The van der Waals surface area contributed by atoms with Gasteiger partial charge in [0.15, 0.2) is 0 Å². The number of amides is 3. The highest BCUT2D eigenvalue weighted by atomic mass is 16.4. The molecule has 0 bridgehead atoms. The lowest BCUT2D eigenvalue weighted by molar-refractivity contribution is -0.116. The Morgan fingerprint density at radius 3 is 2.49 bits per heavy atom. The van der Waals surface area contributed by atoms with Crippen molar-refractivity contribution in [1.29, 1.82) is 0 Å². The number of nitrogens with zero attached hydrogens (tertiary/aromatic N) is 3. The number of aromatic carboxylic acids is 1. The maximum absolute atomic E-state index is 13.5. The molecule has 1 saturated carbocycles. The molecular weight excluding hydrogens is 448 g/mol. The standard InChI is InChI=1S/C26H28N4O5/c1-17(31)15-29-22-13-6-5-12-21(22)24(18-8-3-2-4-9-18)28-30(26(29)35)16-23(32)27-20-11-7-10-19(14-20)25(33)34/h5-7,10-14,18H,2-4,8-9,15-16H2,1H3,(H,27,32)(H,33,34). The zero-order valence-corrected chi connectivity index (χ0v) is 19.6. The Kier molecular flexibility index (Phi) is 7.24. The minimum absolute atomic E-state index is 0.0364. The molecule has 0 aromatic heterocycles. The number of carboxylic acids is 1. The fourth-order valence-electron chi connectivity index (χ4n) is 4.62. The van der Waals surface area contributed by atoms with E-state index in [0.717, 1.165) is 48.4 Å². The van der Waals surface area contributed by atoms with E-state index in [1.165, 1.54) is 30.0 Å². The van der Waals surface area contributed by atoms with Crippen molar-refractivity contribution in [3.05, 3.63) is 59.7 Å². The number of carbonyl (C=O) groups is 4. The molecular formula is C26H28N4O5. The van der Waals surface area contributed by atoms with Crippen LogP contribution in [-0.2, 0) is 9.59 Å². The molecule has 1 aliphatic heterocycles. The summed E-state index contributed by atoms with van der Waals surface area (Å²) in [5.41, 5.74) is 2.49. The summed E-state index contributed by atoms with van der Waals surface area (Å²) < 4.78 is 0. The zero-order chi connectivity index (χ0) is 24.9. The molecule has 1 fully saturated rings. The highest BCUT2D eigenvalue weighted by Crippen LogP contribution is 2.34. The molecule has 1 aliphatic carbocycles. The number of fused-ring (bicyclic) bond motifs is 1. The summed E-state index contributed by atoms with van der Waals surface area (Å²) in [6.45, 7) is 0.896. The van der Waals surface area contributed by atoms with Gasteiger partial charge in [0.25, 0.3) is 0 Å². The van der Waals surface area contributed by atoms with Gasteiger partial charge in [0.05, 0.1) is 23.5 Å². The number of nitrogens with one attached hydrogen (secondary N) is 1. The van der Waals surface area contributed by atoms with Crippen molar-refractivity contribution in [3.8, 4) is 0 Å². The SMILES string of the molecule is CC(=O)CN1C(=O)N(CC(=O)Nc2cccc(C(=O)O)c2)N=C(C2CCCCC2)c2ccccc21. The fourth-order valence-corrected chi connectivity index (χ4v) is 4.62. The first-order chi connectivity index (χ1) is 16.8. The second-order valence-electron chi connectivity index (χ2n) is 8.90. The van der Waals surface area contributed by atoms with Crippen LogP contribution in [0.25, 0.3) is 0 Å². The van der Waals surface area contributed by atoms with E-state index in [1.807, 2.05) is 18.2 Å². The Bertz CT molecular complexity index is 1190. The molecule has 0 spiro atoms. The number of Topliss-reactive ketones (excluding diaryl/α,β-unsaturated/α-hetero) is 1. The quantitative estimate of drug-likeness (QED) is 0.622. The molecule has 0 atom stereocenters. The van der Waals surface area contributed by atoms with E-state index in [1.54, 1.807) is 12.1 Å². The molecule has 3 amide bonds. The number of hydrazone groups is 1. The summed E-state index contributed by atoms with van der Waals surface area (Å²) in [6.07, 6.45) is 5.17. The van der Waals surface area contributed by atoms with Crippen LogP contribution in [0.1, 0.15) is 54.9 Å². The van der Waals surface area contributed by atoms with E-state index in [4.69, 9.17) is 5.10 Å². The average Bonchev–Trinajstić information content (AvgIpc) is 2.95. The maximum Gasteiger partial charge on any atom is 0.345 e. The van der Waals surface area contributed by atoms with Crippen LogP contribution in [0.5, 0.6) is 0 Å². The normalized spacial score (nSPS) is 16.3. The van der Waals surface area contributed by atoms with Gasteiger partial charge in [-0.1, -0.05) is 43.5 Å². The van der Waals surface area contributed by atoms with Gasteiger partial charge in [-0.2, -0.15) is 5.10 Å². The lowest BCUT2D eigenvalue weighted by atomic mass is 9.83. The average molecular weight is 477 g/mol. The number of rotatable bonds is 7. The Morgan fingerprint density at radius 2 is 1.77 bits per heavy atom. The third kappa shape index (κ3) is 5.56. The minimum atomic E-state index is -1.11. The molecule has 182 valence electrons. The Morgan fingerprint density at radius 1 is 1.03 bits per heavy atom. The first kappa shape index (κ1) is 24.1. The van der Waals surface area contributed by atoms with Gasteiger partial charge in [-0.05, 0) is 44.0 Å². The summed E-state index contributed by atoms with van der Waals surface area (Å²) >= 11 is 0. The van der Waals surface area contributed by atoms with Gasteiger partial charge in [0.2, 0.25) is 5.91 Å². The third-order valence-corrected chi connectivity index (χ3v) is 6.21. The predicted molar refractivity (Wildman–Crippen MR) is 132 cm³/mol. The Balaban J connectivity index is 1.67. The van der Waals surface area contributed by atoms with E-state index in [9.17, 15) is 24.3 Å². The zero-order valence-electron chi connectivity index (χ0n) is 19.6. The van der Waals surface area contributed by atoms with Gasteiger partial charge in [0, 0.05) is 17.2 Å². The number of hydrogen-bond acceptors (Lipinski definition) is 5. The van der Waals surface area contributed by atoms with Crippen LogP contribution in [0.3, 0.4) is 0 Å². The smallest absolute Gasteiger partial charge is 0.345 e. The molecule has 2 aromatic carbocycles. The summed E-state index contributed by atoms with van der Waals surface area (Å²) in [7, 11) is 0. The van der Waals surface area contributed by atoms with Crippen LogP contribution in [0.2, 0.25) is 0 Å². The van der Waals surface area contributed by atoms with Gasteiger partial charge < -0.3 is 10.4 Å². The minimum Gasteiger partial charge on any atom is -0.478 e. The molecule has 2 N–H and O–H groups in total. The number of ketones is 1. The number of anilines is 2. The summed E-state index contributed by atoms with van der Waals surface area (Å²) in [6, 6.07) is 12.7. The maximum atomic E-state index is 13.5. The van der Waals surface area contributed by atoms with Gasteiger partial charge >= 0.3 is 12.0 Å². The van der Waals surface area contributed by atoms with E-state index < -0.39 is 17.9 Å². The molecule has 0 saturated heterocycles. The van der Waals surface area contributed by atoms with Crippen LogP contribution in [0.15, 0.2) is 53.6 Å². The van der Waals surface area contributed by atoms with Gasteiger partial charge in [0.1, 0.15) is 12.3 Å². The number of hydrogen-bond donors (Lipinski definition) is 2. The van der Waals surface area contributed by atoms with E-state index in [0.29, 0.717) is 11.4 Å². The predicted octanol–water partition coefficient (Wildman–Crippen LogP) is 4.14. The van der Waals surface area contributed by atoms with E-state index >= 15 is 0 Å². The molecule has 4 rings (SSSR count). The lowest BCUT2D eigenvalue weighted by Gasteiger charge is -2.25. The highest BCUT2D eigenvalue weighted by Gasteiger charge is 2.34. The van der Waals surface area contributed by atoms with Crippen LogP contribution in [-0.4, -0.2) is 52.6 Å². The molecule has 0 unspecified atom stereocenters. The van der Waals surface area contributed by atoms with Gasteiger partial charge in [-0.15, -0.1) is 0 Å². The number of para-hydroxylation sites is 1. The molecule has 9 heteroatoms. The van der Waals surface area contributed by atoms with E-state index in [2.05, 4.69) is 5.32 Å². The largest absolute Gasteiger partial charge is 0.478 e. The third-order valence-electron chi connectivity index (χ3n) is 6.21.